The van der Waals surface area contributed by atoms with Gasteiger partial charge in [-0.3, -0.25) is 9.48 Å². The Kier molecular flexibility index (Phi) is 5.07. The third kappa shape index (κ3) is 3.87. The number of benzene rings is 1. The molecule has 1 aromatic carbocycles. The van der Waals surface area contributed by atoms with Crippen LogP contribution in [0.25, 0.3) is 11.0 Å². The van der Waals surface area contributed by atoms with Gasteiger partial charge in [0.05, 0.1) is 23.2 Å². The number of rotatable bonds is 6. The minimum Gasteiger partial charge on any atom is -0.345 e. The van der Waals surface area contributed by atoms with Crippen molar-refractivity contribution >= 4 is 16.9 Å². The van der Waals surface area contributed by atoms with Gasteiger partial charge >= 0.3 is 0 Å². The highest BCUT2D eigenvalue weighted by molar-refractivity contribution is 6.06. The molecule has 0 saturated heterocycles. The lowest BCUT2D eigenvalue weighted by molar-refractivity contribution is 0.0951. The normalized spacial score (nSPS) is 11.1. The average molecular weight is 389 g/mol. The Balaban J connectivity index is 1.49. The van der Waals surface area contributed by atoms with Gasteiger partial charge in [0.15, 0.2) is 11.5 Å². The van der Waals surface area contributed by atoms with E-state index in [1.165, 1.54) is 5.56 Å². The first kappa shape index (κ1) is 18.8. The van der Waals surface area contributed by atoms with Crippen molar-refractivity contribution in [3.05, 3.63) is 71.1 Å². The van der Waals surface area contributed by atoms with Gasteiger partial charge in [0.25, 0.3) is 5.91 Å². The molecular weight excluding hydrogens is 366 g/mol. The van der Waals surface area contributed by atoms with Crippen LogP contribution in [0.4, 0.5) is 0 Å². The maximum Gasteiger partial charge on any atom is 0.252 e. The Morgan fingerprint density at radius 3 is 2.76 bits per heavy atom. The van der Waals surface area contributed by atoms with Crippen LogP contribution in [0.15, 0.2) is 42.7 Å². The van der Waals surface area contributed by atoms with E-state index in [9.17, 15) is 4.79 Å². The fourth-order valence-corrected chi connectivity index (χ4v) is 3.50. The Labute approximate surface area is 168 Å². The van der Waals surface area contributed by atoms with Crippen molar-refractivity contribution in [3.8, 4) is 0 Å². The molecule has 8 nitrogen and oxygen atoms in total. The summed E-state index contributed by atoms with van der Waals surface area (Å²) in [6.07, 6.45) is 2.57. The van der Waals surface area contributed by atoms with Crippen LogP contribution in [0.1, 0.15) is 33.1 Å². The number of pyridine rings is 1. The summed E-state index contributed by atoms with van der Waals surface area (Å²) in [6, 6.07) is 12.1. The number of carbonyl (C=O) groups excluding carboxylic acids is 1. The van der Waals surface area contributed by atoms with Crippen molar-refractivity contribution in [2.75, 3.05) is 0 Å². The Hall–Kier alpha value is -3.55. The molecule has 0 saturated carbocycles. The number of aryl methyl sites for hydroxylation is 5. The quantitative estimate of drug-likeness (QED) is 0.547. The molecule has 0 fully saturated rings. The molecule has 148 valence electrons. The van der Waals surface area contributed by atoms with Crippen molar-refractivity contribution in [1.29, 1.82) is 0 Å². The van der Waals surface area contributed by atoms with E-state index in [0.717, 1.165) is 35.6 Å². The third-order valence-corrected chi connectivity index (χ3v) is 4.93. The number of hydrogen-bond donors (Lipinski definition) is 1. The Morgan fingerprint density at radius 1 is 1.17 bits per heavy atom. The lowest BCUT2D eigenvalue weighted by Crippen LogP contribution is -2.25. The van der Waals surface area contributed by atoms with Crippen LogP contribution in [-0.2, 0) is 26.6 Å². The Morgan fingerprint density at radius 2 is 1.97 bits per heavy atom. The fraction of sp³-hybridized carbons (Fsp3) is 0.286. The van der Waals surface area contributed by atoms with Crippen LogP contribution in [-0.4, -0.2) is 35.4 Å². The zero-order valence-electron chi connectivity index (χ0n) is 16.8. The first-order valence-corrected chi connectivity index (χ1v) is 9.52. The highest BCUT2D eigenvalue weighted by Gasteiger charge is 2.18. The molecule has 29 heavy (non-hydrogen) atoms. The molecule has 0 aliphatic heterocycles. The van der Waals surface area contributed by atoms with E-state index in [2.05, 4.69) is 37.7 Å². The minimum atomic E-state index is -0.172. The second-order valence-electron chi connectivity index (χ2n) is 7.08. The number of nitrogens with one attached hydrogen (secondary N) is 1. The van der Waals surface area contributed by atoms with Crippen LogP contribution in [0.2, 0.25) is 0 Å². The predicted molar refractivity (Wildman–Crippen MR) is 109 cm³/mol. The van der Waals surface area contributed by atoms with Gasteiger partial charge in [-0.05, 0) is 31.9 Å². The number of hydrogen-bond acceptors (Lipinski definition) is 5. The predicted octanol–water partition coefficient (Wildman–Crippen LogP) is 2.35. The molecule has 3 heterocycles. The average Bonchev–Trinajstić information content (AvgIpc) is 3.28. The third-order valence-electron chi connectivity index (χ3n) is 4.93. The van der Waals surface area contributed by atoms with Crippen LogP contribution in [0.5, 0.6) is 0 Å². The summed E-state index contributed by atoms with van der Waals surface area (Å²) in [6.45, 7) is 4.81. The molecule has 0 aliphatic carbocycles. The van der Waals surface area contributed by atoms with Crippen LogP contribution in [0.3, 0.4) is 0 Å². The highest BCUT2D eigenvalue weighted by atomic mass is 16.1. The largest absolute Gasteiger partial charge is 0.345 e. The van der Waals surface area contributed by atoms with Crippen LogP contribution in [0, 0.1) is 13.8 Å². The van der Waals surface area contributed by atoms with Gasteiger partial charge in [0, 0.05) is 19.3 Å². The van der Waals surface area contributed by atoms with E-state index in [4.69, 9.17) is 0 Å². The SMILES string of the molecule is Cc1cc(C(=O)NCc2nncn2CCc2ccccc2)c2c(C)nn(C)c2n1. The molecule has 4 aromatic rings. The van der Waals surface area contributed by atoms with Gasteiger partial charge in [-0.2, -0.15) is 5.10 Å². The molecule has 0 bridgehead atoms. The zero-order valence-corrected chi connectivity index (χ0v) is 16.8. The highest BCUT2D eigenvalue weighted by Crippen LogP contribution is 2.21. The zero-order chi connectivity index (χ0) is 20.4. The van der Waals surface area contributed by atoms with E-state index in [0.29, 0.717) is 17.8 Å². The summed E-state index contributed by atoms with van der Waals surface area (Å²) >= 11 is 0. The maximum absolute atomic E-state index is 12.9. The van der Waals surface area contributed by atoms with Gasteiger partial charge in [-0.25, -0.2) is 4.98 Å². The topological polar surface area (TPSA) is 90.5 Å². The number of fused-ring (bicyclic) bond motifs is 1. The standard InChI is InChI=1S/C21H23N7O/c1-14-11-17(19-15(2)26-27(3)20(19)24-14)21(29)22-12-18-25-23-13-28(18)10-9-16-7-5-4-6-8-16/h4-8,11,13H,9-10,12H2,1-3H3,(H,22,29). The van der Waals surface area contributed by atoms with Crippen molar-refractivity contribution < 1.29 is 4.79 Å². The molecule has 0 spiro atoms. The van der Waals surface area contributed by atoms with Gasteiger partial charge < -0.3 is 9.88 Å². The second-order valence-corrected chi connectivity index (χ2v) is 7.08. The van der Waals surface area contributed by atoms with Crippen LogP contribution >= 0.6 is 0 Å². The van der Waals surface area contributed by atoms with Crippen molar-refractivity contribution in [3.63, 3.8) is 0 Å². The minimum absolute atomic E-state index is 0.172. The lowest BCUT2D eigenvalue weighted by atomic mass is 10.1. The summed E-state index contributed by atoms with van der Waals surface area (Å²) in [7, 11) is 1.83. The summed E-state index contributed by atoms with van der Waals surface area (Å²) in [5.41, 5.74) is 4.09. The van der Waals surface area contributed by atoms with Gasteiger partial charge in [0.2, 0.25) is 0 Å². The van der Waals surface area contributed by atoms with Crippen molar-refractivity contribution in [1.82, 2.24) is 34.8 Å². The molecule has 1 amide bonds. The number of nitrogens with zero attached hydrogens (tertiary/aromatic N) is 6. The van der Waals surface area contributed by atoms with Gasteiger partial charge in [0.1, 0.15) is 6.33 Å². The molecule has 3 aromatic heterocycles. The smallest absolute Gasteiger partial charge is 0.252 e. The van der Waals surface area contributed by atoms with E-state index >= 15 is 0 Å². The maximum atomic E-state index is 12.9. The number of carbonyl (C=O) groups is 1. The molecule has 4 rings (SSSR count). The molecule has 0 aliphatic rings. The fourth-order valence-electron chi connectivity index (χ4n) is 3.50. The Bertz CT molecular complexity index is 1160. The van der Waals surface area contributed by atoms with E-state index < -0.39 is 0 Å². The molecule has 0 unspecified atom stereocenters. The monoisotopic (exact) mass is 389 g/mol. The second kappa shape index (κ2) is 7.83. The van der Waals surface area contributed by atoms with Crippen LogP contribution < -0.4 is 5.32 Å². The molecule has 1 N–H and O–H groups in total. The van der Waals surface area contributed by atoms with Gasteiger partial charge in [-0.15, -0.1) is 10.2 Å². The number of amides is 1. The first-order chi connectivity index (χ1) is 14.0. The van der Waals surface area contributed by atoms with Gasteiger partial charge in [-0.1, -0.05) is 30.3 Å². The first-order valence-electron chi connectivity index (χ1n) is 9.52. The molecule has 0 radical (unpaired) electrons. The summed E-state index contributed by atoms with van der Waals surface area (Å²) < 4.78 is 3.67. The number of aromatic nitrogens is 6. The summed E-state index contributed by atoms with van der Waals surface area (Å²) in [5.74, 6) is 0.549. The lowest BCUT2D eigenvalue weighted by Gasteiger charge is -2.09. The molecular formula is C21H23N7O. The van der Waals surface area contributed by atoms with Crippen molar-refractivity contribution in [2.45, 2.75) is 33.4 Å². The molecule has 0 atom stereocenters. The summed E-state index contributed by atoms with van der Waals surface area (Å²) in [5, 5.41) is 16.3. The molecule has 8 heteroatoms. The van der Waals surface area contributed by atoms with E-state index in [1.807, 2.05) is 43.7 Å². The van der Waals surface area contributed by atoms with E-state index in [-0.39, 0.29) is 5.91 Å². The van der Waals surface area contributed by atoms with Crippen molar-refractivity contribution in [2.24, 2.45) is 7.05 Å². The summed E-state index contributed by atoms with van der Waals surface area (Å²) in [4.78, 5) is 17.4. The van der Waals surface area contributed by atoms with E-state index in [1.54, 1.807) is 17.1 Å².